The third-order valence-electron chi connectivity index (χ3n) is 5.85. The lowest BCUT2D eigenvalue weighted by Crippen LogP contribution is -2.53. The van der Waals surface area contributed by atoms with E-state index in [1.165, 1.54) is 16.2 Å². The van der Waals surface area contributed by atoms with E-state index in [9.17, 15) is 4.79 Å². The maximum atomic E-state index is 12.9. The first kappa shape index (κ1) is 17.1. The van der Waals surface area contributed by atoms with E-state index in [1.54, 1.807) is 23.9 Å². The van der Waals surface area contributed by atoms with Gasteiger partial charge in [0, 0.05) is 23.9 Å². The van der Waals surface area contributed by atoms with Gasteiger partial charge in [0.25, 0.3) is 5.91 Å². The molecule has 1 aliphatic heterocycles. The lowest BCUT2D eigenvalue weighted by molar-refractivity contribution is 0.0791. The molecule has 0 radical (unpaired) electrons. The highest BCUT2D eigenvalue weighted by molar-refractivity contribution is 7.18. The van der Waals surface area contributed by atoms with E-state index in [0.717, 1.165) is 58.3 Å². The van der Waals surface area contributed by atoms with Gasteiger partial charge in [0.15, 0.2) is 0 Å². The summed E-state index contributed by atoms with van der Waals surface area (Å²) in [6.07, 6.45) is 6.57. The summed E-state index contributed by atoms with van der Waals surface area (Å²) in [4.78, 5) is 31.1. The first-order valence-electron chi connectivity index (χ1n) is 9.31. The van der Waals surface area contributed by atoms with E-state index in [2.05, 4.69) is 33.3 Å². The zero-order valence-electron chi connectivity index (χ0n) is 15.4. The summed E-state index contributed by atoms with van der Waals surface area (Å²) in [6, 6.07) is 2.20. The number of hydrogen-bond acceptors (Lipinski definition) is 7. The maximum absolute atomic E-state index is 12.9. The quantitative estimate of drug-likeness (QED) is 0.724. The normalized spacial score (nSPS) is 24.1. The van der Waals surface area contributed by atoms with Crippen LogP contribution in [-0.4, -0.2) is 44.4 Å². The van der Waals surface area contributed by atoms with Gasteiger partial charge in [0.2, 0.25) is 0 Å². The minimum Gasteiger partial charge on any atom is -0.362 e. The zero-order valence-corrected chi connectivity index (χ0v) is 17.0. The Balaban J connectivity index is 1.41. The Hall–Kier alpha value is -2.06. The molecule has 0 aromatic carbocycles. The number of thiophene rings is 1. The van der Waals surface area contributed by atoms with Gasteiger partial charge in [-0.25, -0.2) is 15.0 Å². The number of amides is 1. The summed E-state index contributed by atoms with van der Waals surface area (Å²) < 4.78 is 0. The molecule has 3 aromatic heterocycles. The van der Waals surface area contributed by atoms with Crippen LogP contribution in [0.3, 0.4) is 0 Å². The smallest absolute Gasteiger partial charge is 0.265 e. The molecule has 3 aromatic rings. The molecule has 27 heavy (non-hydrogen) atoms. The molecule has 1 saturated heterocycles. The fourth-order valence-corrected chi connectivity index (χ4v) is 5.91. The highest BCUT2D eigenvalue weighted by Crippen LogP contribution is 2.47. The number of nitrogens with zero attached hydrogens (tertiary/aromatic N) is 4. The Kier molecular flexibility index (Phi) is 3.94. The van der Waals surface area contributed by atoms with Gasteiger partial charge < -0.3 is 10.2 Å². The monoisotopic (exact) mass is 399 g/mol. The number of aromatic nitrogens is 3. The minimum atomic E-state index is -0.0645. The highest BCUT2D eigenvalue weighted by Gasteiger charge is 2.54. The molecule has 1 N–H and O–H groups in total. The summed E-state index contributed by atoms with van der Waals surface area (Å²) in [5.41, 5.74) is -0.0645. The topological polar surface area (TPSA) is 71.0 Å². The number of carbonyl (C=O) groups is 1. The zero-order chi connectivity index (χ0) is 18.6. The van der Waals surface area contributed by atoms with Crippen LogP contribution in [-0.2, 0) is 6.42 Å². The molecule has 5 rings (SSSR count). The molecule has 2 fully saturated rings. The van der Waals surface area contributed by atoms with E-state index in [-0.39, 0.29) is 11.4 Å². The lowest BCUT2D eigenvalue weighted by atomic mass is 9.69. The van der Waals surface area contributed by atoms with Crippen LogP contribution < -0.4 is 5.32 Å². The number of fused-ring (bicyclic) bond motifs is 2. The number of nitrogens with one attached hydrogen (secondary N) is 1. The van der Waals surface area contributed by atoms with Crippen molar-refractivity contribution >= 4 is 44.6 Å². The molecule has 140 valence electrons. The lowest BCUT2D eigenvalue weighted by Gasteiger charge is -2.44. The van der Waals surface area contributed by atoms with Crippen molar-refractivity contribution in [1.82, 2.24) is 19.9 Å². The molecule has 1 saturated carbocycles. The van der Waals surface area contributed by atoms with Crippen molar-refractivity contribution in [3.8, 4) is 0 Å². The Morgan fingerprint density at radius 1 is 1.37 bits per heavy atom. The molecule has 0 bridgehead atoms. The number of thiazole rings is 1. The third-order valence-corrected chi connectivity index (χ3v) is 7.94. The van der Waals surface area contributed by atoms with E-state index < -0.39 is 0 Å². The average molecular weight is 400 g/mol. The third kappa shape index (κ3) is 2.73. The minimum absolute atomic E-state index is 0.0645. The molecule has 1 amide bonds. The number of hydrogen-bond donors (Lipinski definition) is 1. The van der Waals surface area contributed by atoms with E-state index in [1.807, 2.05) is 11.8 Å². The van der Waals surface area contributed by atoms with Crippen molar-refractivity contribution in [2.45, 2.75) is 38.6 Å². The average Bonchev–Trinajstić information content (AvgIpc) is 3.33. The first-order chi connectivity index (χ1) is 13.1. The number of aryl methyl sites for hydroxylation is 2. The Morgan fingerprint density at radius 3 is 2.96 bits per heavy atom. The predicted molar refractivity (Wildman–Crippen MR) is 109 cm³/mol. The van der Waals surface area contributed by atoms with Gasteiger partial charge in [0.05, 0.1) is 22.1 Å². The van der Waals surface area contributed by atoms with Crippen LogP contribution in [0.25, 0.3) is 10.2 Å². The van der Waals surface area contributed by atoms with Gasteiger partial charge >= 0.3 is 0 Å². The second kappa shape index (κ2) is 6.24. The van der Waals surface area contributed by atoms with Crippen molar-refractivity contribution in [2.24, 2.45) is 5.92 Å². The van der Waals surface area contributed by atoms with Gasteiger partial charge in [0.1, 0.15) is 21.9 Å². The standard InChI is InChI=1S/C19H21N5OS2/c1-3-13-6-14-16(21-10-22-17(14)27-13)23-19-5-4-12(19)8-24(9-19)18(25)15-7-20-11(2)26-15/h6-7,10,12H,3-5,8-9H2,1-2H3,(H,21,22,23). The molecule has 8 heteroatoms. The first-order valence-corrected chi connectivity index (χ1v) is 10.9. The van der Waals surface area contributed by atoms with Crippen LogP contribution in [0.1, 0.15) is 39.3 Å². The second-order valence-corrected chi connectivity index (χ2v) is 9.80. The summed E-state index contributed by atoms with van der Waals surface area (Å²) in [5, 5.41) is 5.76. The van der Waals surface area contributed by atoms with Crippen molar-refractivity contribution < 1.29 is 4.79 Å². The fraction of sp³-hybridized carbons (Fsp3) is 0.474. The Labute approximate surface area is 165 Å². The van der Waals surface area contributed by atoms with E-state index >= 15 is 0 Å². The number of carbonyl (C=O) groups excluding carboxylic acids is 1. The maximum Gasteiger partial charge on any atom is 0.265 e. The second-order valence-electron chi connectivity index (χ2n) is 7.45. The Morgan fingerprint density at radius 2 is 2.26 bits per heavy atom. The van der Waals surface area contributed by atoms with Crippen molar-refractivity contribution in [3.05, 3.63) is 33.4 Å². The molecule has 2 aliphatic rings. The highest BCUT2D eigenvalue weighted by atomic mass is 32.1. The summed E-state index contributed by atoms with van der Waals surface area (Å²) in [5.74, 6) is 1.49. The number of rotatable bonds is 4. The van der Waals surface area contributed by atoms with Gasteiger partial charge in [-0.1, -0.05) is 6.92 Å². The number of likely N-dealkylation sites (tertiary alicyclic amines) is 1. The van der Waals surface area contributed by atoms with E-state index in [0.29, 0.717) is 5.92 Å². The van der Waals surface area contributed by atoms with Gasteiger partial charge in [-0.15, -0.1) is 22.7 Å². The largest absolute Gasteiger partial charge is 0.362 e. The molecule has 4 heterocycles. The van der Waals surface area contributed by atoms with Crippen LogP contribution in [0.2, 0.25) is 0 Å². The predicted octanol–water partition coefficient (Wildman–Crippen LogP) is 3.74. The van der Waals surface area contributed by atoms with E-state index in [4.69, 9.17) is 0 Å². The van der Waals surface area contributed by atoms with Gasteiger partial charge in [-0.2, -0.15) is 0 Å². The molecule has 1 aliphatic carbocycles. The van der Waals surface area contributed by atoms with Crippen molar-refractivity contribution in [2.75, 3.05) is 18.4 Å². The molecule has 6 nitrogen and oxygen atoms in total. The van der Waals surface area contributed by atoms with Gasteiger partial charge in [-0.3, -0.25) is 4.79 Å². The molecular formula is C19H21N5OS2. The number of anilines is 1. The van der Waals surface area contributed by atoms with Crippen LogP contribution in [0.4, 0.5) is 5.82 Å². The summed E-state index contributed by atoms with van der Waals surface area (Å²) in [6.45, 7) is 5.63. The van der Waals surface area contributed by atoms with Crippen molar-refractivity contribution in [1.29, 1.82) is 0 Å². The Bertz CT molecular complexity index is 1030. The molecule has 2 unspecified atom stereocenters. The molecular weight excluding hydrogens is 378 g/mol. The fourth-order valence-electron chi connectivity index (χ4n) is 4.23. The SMILES string of the molecule is CCc1cc2c(NC34CCC3CN(C(=O)c3cnc(C)s3)C4)ncnc2s1. The summed E-state index contributed by atoms with van der Waals surface area (Å²) in [7, 11) is 0. The molecule has 0 spiro atoms. The van der Waals surface area contributed by atoms with Gasteiger partial charge in [-0.05, 0) is 32.3 Å². The van der Waals surface area contributed by atoms with Crippen LogP contribution in [0.5, 0.6) is 0 Å². The van der Waals surface area contributed by atoms with Crippen molar-refractivity contribution in [3.63, 3.8) is 0 Å². The van der Waals surface area contributed by atoms with Crippen LogP contribution in [0.15, 0.2) is 18.6 Å². The summed E-state index contributed by atoms with van der Waals surface area (Å²) >= 11 is 3.20. The van der Waals surface area contributed by atoms with Crippen LogP contribution >= 0.6 is 22.7 Å². The molecule has 2 atom stereocenters. The van der Waals surface area contributed by atoms with Crippen LogP contribution in [0, 0.1) is 12.8 Å².